The van der Waals surface area contributed by atoms with Gasteiger partial charge in [-0.05, 0) is 60.7 Å². The molecule has 2 aromatic rings. The van der Waals surface area contributed by atoms with E-state index in [-0.39, 0.29) is 6.42 Å². The van der Waals surface area contributed by atoms with Crippen LogP contribution in [0, 0.1) is 6.92 Å². The zero-order chi connectivity index (χ0) is 19.1. The molecule has 0 saturated heterocycles. The van der Waals surface area contributed by atoms with Gasteiger partial charge in [0.1, 0.15) is 5.82 Å². The van der Waals surface area contributed by atoms with Gasteiger partial charge in [0.2, 0.25) is 0 Å². The molecule has 0 aliphatic rings. The van der Waals surface area contributed by atoms with E-state index in [2.05, 4.69) is 24.2 Å². The number of aliphatic carboxylic acids is 1. The Morgan fingerprint density at radius 3 is 2.54 bits per heavy atom. The molecular formula is C20H23ClN2O2S. The van der Waals surface area contributed by atoms with E-state index in [0.29, 0.717) is 0 Å². The summed E-state index contributed by atoms with van der Waals surface area (Å²) in [6, 6.07) is 9.50. The molecule has 0 spiro atoms. The number of thiophene rings is 1. The van der Waals surface area contributed by atoms with Crippen molar-refractivity contribution in [2.75, 3.05) is 5.32 Å². The van der Waals surface area contributed by atoms with E-state index in [1.807, 2.05) is 43.5 Å². The number of carboxylic acids is 1. The number of rotatable bonds is 8. The largest absolute Gasteiger partial charge is 0.481 e. The molecule has 0 amide bonds. The lowest BCUT2D eigenvalue weighted by Gasteiger charge is -2.13. The lowest BCUT2D eigenvalue weighted by atomic mass is 10.0. The highest BCUT2D eigenvalue weighted by Gasteiger charge is 2.08. The normalized spacial score (nSPS) is 10.9. The summed E-state index contributed by atoms with van der Waals surface area (Å²) in [6.45, 7) is 6.14. The lowest BCUT2D eigenvalue weighted by Crippen LogP contribution is -2.05. The number of nitrogens with zero attached hydrogens (tertiary/aromatic N) is 1. The first-order chi connectivity index (χ1) is 12.4. The Morgan fingerprint density at radius 2 is 2.00 bits per heavy atom. The fourth-order valence-corrected chi connectivity index (χ4v) is 3.53. The SMILES string of the molecule is CCC(CC)=C(/N=C/c1ccc(Cl)s1)Nc1ccc(CC(=O)O)c(C)c1. The Kier molecular flexibility index (Phi) is 7.42. The fraction of sp³-hybridized carbons (Fsp3) is 0.300. The lowest BCUT2D eigenvalue weighted by molar-refractivity contribution is -0.136. The van der Waals surface area contributed by atoms with Gasteiger partial charge >= 0.3 is 5.97 Å². The molecule has 1 heterocycles. The third kappa shape index (κ3) is 5.71. The van der Waals surface area contributed by atoms with Crippen LogP contribution in [0.25, 0.3) is 0 Å². The highest BCUT2D eigenvalue weighted by atomic mass is 35.5. The van der Waals surface area contributed by atoms with E-state index in [9.17, 15) is 4.79 Å². The molecule has 0 bridgehead atoms. The average Bonchev–Trinajstić information content (AvgIpc) is 3.01. The second-order valence-electron chi connectivity index (χ2n) is 5.90. The smallest absolute Gasteiger partial charge is 0.307 e. The van der Waals surface area contributed by atoms with Crippen LogP contribution < -0.4 is 5.32 Å². The number of halogens is 1. The molecule has 2 rings (SSSR count). The molecule has 1 aromatic heterocycles. The van der Waals surface area contributed by atoms with Gasteiger partial charge in [0.15, 0.2) is 0 Å². The number of carbonyl (C=O) groups is 1. The molecule has 138 valence electrons. The number of aryl methyl sites for hydroxylation is 1. The summed E-state index contributed by atoms with van der Waals surface area (Å²) >= 11 is 7.46. The summed E-state index contributed by atoms with van der Waals surface area (Å²) in [7, 11) is 0. The topological polar surface area (TPSA) is 61.7 Å². The van der Waals surface area contributed by atoms with Gasteiger partial charge < -0.3 is 10.4 Å². The van der Waals surface area contributed by atoms with Crippen molar-refractivity contribution in [1.29, 1.82) is 0 Å². The van der Waals surface area contributed by atoms with Crippen LogP contribution in [0.15, 0.2) is 46.7 Å². The Balaban J connectivity index is 2.27. The van der Waals surface area contributed by atoms with Gasteiger partial charge in [-0.3, -0.25) is 4.79 Å². The molecule has 0 aliphatic carbocycles. The molecule has 2 N–H and O–H groups in total. The van der Waals surface area contributed by atoms with Crippen molar-refractivity contribution in [3.63, 3.8) is 0 Å². The molecule has 0 fully saturated rings. The van der Waals surface area contributed by atoms with Crippen LogP contribution >= 0.6 is 22.9 Å². The van der Waals surface area contributed by atoms with Gasteiger partial charge in [0, 0.05) is 16.8 Å². The minimum atomic E-state index is -0.826. The van der Waals surface area contributed by atoms with Crippen LogP contribution in [-0.2, 0) is 11.2 Å². The second kappa shape index (κ2) is 9.55. The molecule has 6 heteroatoms. The summed E-state index contributed by atoms with van der Waals surface area (Å²) < 4.78 is 0.737. The molecule has 0 aliphatic heterocycles. The minimum absolute atomic E-state index is 0.0290. The Labute approximate surface area is 163 Å². The third-order valence-corrected chi connectivity index (χ3v) is 5.22. The van der Waals surface area contributed by atoms with Crippen LogP contribution in [0.4, 0.5) is 5.69 Å². The number of hydrogen-bond acceptors (Lipinski definition) is 4. The Hall–Kier alpha value is -2.11. The molecule has 0 radical (unpaired) electrons. The molecule has 0 unspecified atom stereocenters. The molecule has 1 aromatic carbocycles. The highest BCUT2D eigenvalue weighted by molar-refractivity contribution is 7.17. The first kappa shape index (κ1) is 20.2. The monoisotopic (exact) mass is 390 g/mol. The molecule has 26 heavy (non-hydrogen) atoms. The predicted octanol–water partition coefficient (Wildman–Crippen LogP) is 5.90. The van der Waals surface area contributed by atoms with Crippen LogP contribution in [0.2, 0.25) is 4.34 Å². The maximum atomic E-state index is 10.9. The first-order valence-electron chi connectivity index (χ1n) is 8.52. The standard InChI is InChI=1S/C20H23ClN2O2S/c1-4-14(5-2)20(22-12-17-8-9-18(21)26-17)23-16-7-6-15(11-19(24)25)13(3)10-16/h6-10,12,23H,4-5,11H2,1-3H3,(H,24,25)/b22-12+. The van der Waals surface area contributed by atoms with Crippen LogP contribution in [0.1, 0.15) is 42.7 Å². The molecule has 0 atom stereocenters. The number of carboxylic acid groups (broad SMARTS) is 1. The number of hydrogen-bond donors (Lipinski definition) is 2. The van der Waals surface area contributed by atoms with Gasteiger partial charge in [-0.2, -0.15) is 0 Å². The highest BCUT2D eigenvalue weighted by Crippen LogP contribution is 2.23. The van der Waals surface area contributed by atoms with Gasteiger partial charge in [-0.15, -0.1) is 11.3 Å². The maximum Gasteiger partial charge on any atom is 0.307 e. The fourth-order valence-electron chi connectivity index (χ4n) is 2.59. The Morgan fingerprint density at radius 1 is 1.27 bits per heavy atom. The van der Waals surface area contributed by atoms with E-state index in [0.717, 1.165) is 44.7 Å². The van der Waals surface area contributed by atoms with Crippen molar-refractivity contribution in [3.05, 3.63) is 62.1 Å². The van der Waals surface area contributed by atoms with E-state index in [4.69, 9.17) is 16.7 Å². The van der Waals surface area contributed by atoms with Crippen molar-refractivity contribution >= 4 is 40.8 Å². The van der Waals surface area contributed by atoms with Crippen molar-refractivity contribution in [2.45, 2.75) is 40.0 Å². The van der Waals surface area contributed by atoms with Gasteiger partial charge in [0.25, 0.3) is 0 Å². The zero-order valence-corrected chi connectivity index (χ0v) is 16.7. The van der Waals surface area contributed by atoms with Crippen molar-refractivity contribution < 1.29 is 9.90 Å². The second-order valence-corrected chi connectivity index (χ2v) is 7.64. The van der Waals surface area contributed by atoms with Crippen LogP contribution in [0.3, 0.4) is 0 Å². The van der Waals surface area contributed by atoms with E-state index in [1.165, 1.54) is 16.9 Å². The average molecular weight is 391 g/mol. The summed E-state index contributed by atoms with van der Waals surface area (Å²) in [6.07, 6.45) is 3.64. The number of allylic oxidation sites excluding steroid dienone is 1. The van der Waals surface area contributed by atoms with Gasteiger partial charge in [-0.25, -0.2) is 4.99 Å². The van der Waals surface area contributed by atoms with Gasteiger partial charge in [0.05, 0.1) is 10.8 Å². The minimum Gasteiger partial charge on any atom is -0.481 e. The van der Waals surface area contributed by atoms with Crippen molar-refractivity contribution in [3.8, 4) is 0 Å². The quantitative estimate of drug-likeness (QED) is 0.551. The Bertz CT molecular complexity index is 834. The number of benzene rings is 1. The van der Waals surface area contributed by atoms with E-state index in [1.54, 1.807) is 0 Å². The van der Waals surface area contributed by atoms with Crippen LogP contribution in [0.5, 0.6) is 0 Å². The predicted molar refractivity (Wildman–Crippen MR) is 111 cm³/mol. The first-order valence-corrected chi connectivity index (χ1v) is 9.72. The van der Waals surface area contributed by atoms with Crippen molar-refractivity contribution in [2.24, 2.45) is 4.99 Å². The summed E-state index contributed by atoms with van der Waals surface area (Å²) in [5.41, 5.74) is 3.88. The number of aliphatic imine (C=N–C) groups is 1. The van der Waals surface area contributed by atoms with E-state index >= 15 is 0 Å². The maximum absolute atomic E-state index is 10.9. The van der Waals surface area contributed by atoms with E-state index < -0.39 is 5.97 Å². The number of nitrogens with one attached hydrogen (secondary N) is 1. The number of anilines is 1. The third-order valence-electron chi connectivity index (χ3n) is 4.05. The van der Waals surface area contributed by atoms with Gasteiger partial charge in [-0.1, -0.05) is 31.5 Å². The summed E-state index contributed by atoms with van der Waals surface area (Å²) in [5, 5.41) is 12.4. The van der Waals surface area contributed by atoms with Crippen molar-refractivity contribution in [1.82, 2.24) is 0 Å². The molecular weight excluding hydrogens is 368 g/mol. The zero-order valence-electron chi connectivity index (χ0n) is 15.2. The van der Waals surface area contributed by atoms with Crippen LogP contribution in [-0.4, -0.2) is 17.3 Å². The summed E-state index contributed by atoms with van der Waals surface area (Å²) in [4.78, 5) is 16.6. The summed E-state index contributed by atoms with van der Waals surface area (Å²) in [5.74, 6) is -0.00207. The molecule has 0 saturated carbocycles. The molecule has 4 nitrogen and oxygen atoms in total.